The first-order valence-corrected chi connectivity index (χ1v) is 10.2. The Morgan fingerprint density at radius 2 is 1.86 bits per heavy atom. The van der Waals surface area contributed by atoms with Crippen LogP contribution < -0.4 is 10.5 Å². The number of anilines is 1. The van der Waals surface area contributed by atoms with Crippen molar-refractivity contribution < 1.29 is 9.72 Å². The summed E-state index contributed by atoms with van der Waals surface area (Å²) in [5, 5.41) is 14.3. The molecule has 150 valence electrons. The molecular formula is C20H20N4O4S. The molecule has 4 rings (SSSR count). The molecule has 0 spiro atoms. The molecule has 0 bridgehead atoms. The van der Waals surface area contributed by atoms with Crippen molar-refractivity contribution in [3.63, 3.8) is 0 Å². The Labute approximate surface area is 170 Å². The van der Waals surface area contributed by atoms with Crippen molar-refractivity contribution in [2.45, 2.75) is 6.42 Å². The van der Waals surface area contributed by atoms with Gasteiger partial charge in [-0.05, 0) is 17.5 Å². The number of benzene rings is 1. The van der Waals surface area contributed by atoms with Crippen LogP contribution in [-0.2, 0) is 18.3 Å². The topological polar surface area (TPSA) is 88.7 Å². The van der Waals surface area contributed by atoms with Gasteiger partial charge in [0.1, 0.15) is 5.69 Å². The quantitative estimate of drug-likeness (QED) is 0.485. The molecule has 3 aromatic rings. The van der Waals surface area contributed by atoms with Crippen molar-refractivity contribution in [3.05, 3.63) is 67.1 Å². The zero-order valence-electron chi connectivity index (χ0n) is 15.9. The van der Waals surface area contributed by atoms with E-state index in [1.807, 2.05) is 22.4 Å². The van der Waals surface area contributed by atoms with Crippen LogP contribution in [0.15, 0.2) is 46.6 Å². The zero-order chi connectivity index (χ0) is 20.5. The maximum atomic E-state index is 12.7. The van der Waals surface area contributed by atoms with Crippen molar-refractivity contribution in [2.75, 3.05) is 31.1 Å². The molecule has 29 heavy (non-hydrogen) atoms. The number of piperazine rings is 1. The first-order valence-electron chi connectivity index (χ1n) is 9.28. The first kappa shape index (κ1) is 19.1. The molecule has 1 aromatic carbocycles. The van der Waals surface area contributed by atoms with Crippen LogP contribution in [0.1, 0.15) is 4.88 Å². The van der Waals surface area contributed by atoms with Crippen molar-refractivity contribution in [3.8, 4) is 0 Å². The van der Waals surface area contributed by atoms with Crippen molar-refractivity contribution >= 4 is 39.5 Å². The normalized spacial score (nSPS) is 14.4. The second kappa shape index (κ2) is 7.67. The van der Waals surface area contributed by atoms with Gasteiger partial charge < -0.3 is 14.4 Å². The zero-order valence-corrected chi connectivity index (χ0v) is 16.7. The highest BCUT2D eigenvalue weighted by Crippen LogP contribution is 2.33. The summed E-state index contributed by atoms with van der Waals surface area (Å²) in [5.41, 5.74) is -0.0437. The predicted octanol–water partition coefficient (Wildman–Crippen LogP) is 2.40. The molecule has 8 nitrogen and oxygen atoms in total. The number of rotatable bonds is 4. The molecule has 1 fully saturated rings. The number of hydrogen-bond acceptors (Lipinski definition) is 6. The van der Waals surface area contributed by atoms with E-state index in [9.17, 15) is 19.7 Å². The number of nitro groups is 1. The molecule has 2 aromatic heterocycles. The average Bonchev–Trinajstić information content (AvgIpc) is 3.23. The number of carbonyl (C=O) groups is 1. The summed E-state index contributed by atoms with van der Waals surface area (Å²) in [4.78, 5) is 41.0. The molecule has 0 aliphatic carbocycles. The lowest BCUT2D eigenvalue weighted by molar-refractivity contribution is -0.385. The minimum Gasteiger partial charge on any atom is -0.362 e. The van der Waals surface area contributed by atoms with Crippen LogP contribution in [0, 0.1) is 10.1 Å². The van der Waals surface area contributed by atoms with Gasteiger partial charge in [-0.1, -0.05) is 24.3 Å². The highest BCUT2D eigenvalue weighted by Gasteiger charge is 2.31. The number of aromatic nitrogens is 1. The maximum Gasteiger partial charge on any atom is 0.357 e. The van der Waals surface area contributed by atoms with Crippen molar-refractivity contribution in [1.29, 1.82) is 0 Å². The molecule has 3 heterocycles. The van der Waals surface area contributed by atoms with Crippen LogP contribution in [0.4, 0.5) is 11.4 Å². The Hall–Kier alpha value is -3.20. The molecule has 1 aliphatic rings. The summed E-state index contributed by atoms with van der Waals surface area (Å²) in [6, 6.07) is 11.1. The summed E-state index contributed by atoms with van der Waals surface area (Å²) >= 11 is 1.55. The van der Waals surface area contributed by atoms with Gasteiger partial charge in [0, 0.05) is 43.5 Å². The van der Waals surface area contributed by atoms with Gasteiger partial charge in [0.25, 0.3) is 0 Å². The fourth-order valence-corrected chi connectivity index (χ4v) is 4.50. The average molecular weight is 412 g/mol. The van der Waals surface area contributed by atoms with E-state index in [1.165, 1.54) is 4.57 Å². The third-order valence-electron chi connectivity index (χ3n) is 5.29. The van der Waals surface area contributed by atoms with Gasteiger partial charge in [-0.2, -0.15) is 0 Å². The Morgan fingerprint density at radius 1 is 1.14 bits per heavy atom. The summed E-state index contributed by atoms with van der Waals surface area (Å²) < 4.78 is 1.32. The second-order valence-corrected chi connectivity index (χ2v) is 7.99. The molecule has 0 radical (unpaired) electrons. The van der Waals surface area contributed by atoms with Gasteiger partial charge in [-0.3, -0.25) is 19.7 Å². The summed E-state index contributed by atoms with van der Waals surface area (Å²) in [6.45, 7) is 1.80. The highest BCUT2D eigenvalue weighted by atomic mass is 32.1. The van der Waals surface area contributed by atoms with E-state index in [0.717, 1.165) is 4.88 Å². The molecule has 0 atom stereocenters. The number of hydrogen-bond donors (Lipinski definition) is 0. The number of pyridine rings is 1. The lowest BCUT2D eigenvalue weighted by atomic mass is 10.1. The van der Waals surface area contributed by atoms with Gasteiger partial charge in [0.05, 0.1) is 16.9 Å². The van der Waals surface area contributed by atoms with Crippen LogP contribution in [0.2, 0.25) is 0 Å². The van der Waals surface area contributed by atoms with E-state index < -0.39 is 16.2 Å². The van der Waals surface area contributed by atoms with Crippen LogP contribution in [-0.4, -0.2) is 46.5 Å². The Bertz CT molecular complexity index is 1130. The maximum absolute atomic E-state index is 12.7. The van der Waals surface area contributed by atoms with Crippen LogP contribution in [0.5, 0.6) is 0 Å². The van der Waals surface area contributed by atoms with E-state index in [0.29, 0.717) is 49.2 Å². The summed E-state index contributed by atoms with van der Waals surface area (Å²) in [7, 11) is 1.54. The van der Waals surface area contributed by atoms with Gasteiger partial charge in [0.15, 0.2) is 0 Å². The number of carbonyl (C=O) groups excluding carboxylic acids is 1. The van der Waals surface area contributed by atoms with E-state index in [4.69, 9.17) is 0 Å². The molecule has 0 N–H and O–H groups in total. The standard InChI is InChI=1S/C20H20N4O4S/c1-21-16-7-3-2-6-15(16)18(19(20(21)26)24(27)28)23-10-8-22(9-11-23)17(25)13-14-5-4-12-29-14/h2-7,12H,8-11,13H2,1H3. The van der Waals surface area contributed by atoms with Crippen LogP contribution >= 0.6 is 11.3 Å². The molecule has 1 amide bonds. The SMILES string of the molecule is Cn1c(=O)c([N+](=O)[O-])c(N2CCN(C(=O)Cc3cccs3)CC2)c2ccccc21. The van der Waals surface area contributed by atoms with E-state index in [-0.39, 0.29) is 5.91 Å². The minimum atomic E-state index is -0.625. The summed E-state index contributed by atoms with van der Waals surface area (Å²) in [6.07, 6.45) is 0.368. The number of nitrogens with zero attached hydrogens (tertiary/aromatic N) is 4. The van der Waals surface area contributed by atoms with Crippen LogP contribution in [0.25, 0.3) is 10.9 Å². The molecule has 1 aliphatic heterocycles. The molecule has 0 unspecified atom stereocenters. The lowest BCUT2D eigenvalue weighted by Gasteiger charge is -2.36. The smallest absolute Gasteiger partial charge is 0.357 e. The van der Waals surface area contributed by atoms with E-state index in [1.54, 1.807) is 47.5 Å². The van der Waals surface area contributed by atoms with Crippen LogP contribution in [0.3, 0.4) is 0 Å². The number of fused-ring (bicyclic) bond motifs is 1. The number of para-hydroxylation sites is 1. The second-order valence-electron chi connectivity index (χ2n) is 6.96. The molecule has 9 heteroatoms. The third-order valence-corrected chi connectivity index (χ3v) is 6.17. The van der Waals surface area contributed by atoms with E-state index >= 15 is 0 Å². The third kappa shape index (κ3) is 3.49. The highest BCUT2D eigenvalue weighted by molar-refractivity contribution is 7.10. The fourth-order valence-electron chi connectivity index (χ4n) is 3.80. The molecule has 1 saturated heterocycles. The van der Waals surface area contributed by atoms with Gasteiger partial charge in [-0.15, -0.1) is 11.3 Å². The molecule has 0 saturated carbocycles. The number of aryl methyl sites for hydroxylation is 1. The Balaban J connectivity index is 1.64. The van der Waals surface area contributed by atoms with Gasteiger partial charge >= 0.3 is 11.2 Å². The van der Waals surface area contributed by atoms with Gasteiger partial charge in [-0.25, -0.2) is 0 Å². The van der Waals surface area contributed by atoms with Crippen molar-refractivity contribution in [2.24, 2.45) is 7.05 Å². The minimum absolute atomic E-state index is 0.0513. The number of amides is 1. The monoisotopic (exact) mass is 412 g/mol. The van der Waals surface area contributed by atoms with Crippen molar-refractivity contribution in [1.82, 2.24) is 9.47 Å². The number of thiophene rings is 1. The fraction of sp³-hybridized carbons (Fsp3) is 0.300. The molecular weight excluding hydrogens is 392 g/mol. The van der Waals surface area contributed by atoms with E-state index in [2.05, 4.69) is 0 Å². The lowest BCUT2D eigenvalue weighted by Crippen LogP contribution is -2.49. The predicted molar refractivity (Wildman–Crippen MR) is 113 cm³/mol. The first-order chi connectivity index (χ1) is 14.0. The Kier molecular flexibility index (Phi) is 5.06. The van der Waals surface area contributed by atoms with Gasteiger partial charge in [0.2, 0.25) is 5.91 Å². The Morgan fingerprint density at radius 3 is 2.52 bits per heavy atom. The summed E-state index contributed by atoms with van der Waals surface area (Å²) in [5.74, 6) is 0.0513. The largest absolute Gasteiger partial charge is 0.362 e.